The first-order chi connectivity index (χ1) is 6.75. The van der Waals surface area contributed by atoms with Crippen LogP contribution in [0.4, 0.5) is 18.0 Å². The van der Waals surface area contributed by atoms with E-state index in [0.717, 1.165) is 4.68 Å². The van der Waals surface area contributed by atoms with Gasteiger partial charge in [-0.2, -0.15) is 17.9 Å². The molecule has 0 bridgehead atoms. The van der Waals surface area contributed by atoms with E-state index in [-0.39, 0.29) is 0 Å². The van der Waals surface area contributed by atoms with Gasteiger partial charge in [-0.1, -0.05) is 5.21 Å². The van der Waals surface area contributed by atoms with E-state index in [9.17, 15) is 18.0 Å². The van der Waals surface area contributed by atoms with Gasteiger partial charge in [0, 0.05) is 0 Å². The predicted octanol–water partition coefficient (Wildman–Crippen LogP) is -0.162. The lowest BCUT2D eigenvalue weighted by Crippen LogP contribution is -2.21. The first-order valence-electron chi connectivity index (χ1n) is 3.21. The highest BCUT2D eigenvalue weighted by Crippen LogP contribution is 2.13. The molecule has 10 heteroatoms. The van der Waals surface area contributed by atoms with E-state index in [1.54, 1.807) is 0 Å². The SMILES string of the molecule is NC(=O)n1ccnn1.O=C(O)C(F)(F)F. The van der Waals surface area contributed by atoms with Gasteiger partial charge in [0.1, 0.15) is 0 Å². The van der Waals surface area contributed by atoms with Crippen molar-refractivity contribution in [1.29, 1.82) is 0 Å². The monoisotopic (exact) mass is 226 g/mol. The van der Waals surface area contributed by atoms with Gasteiger partial charge in [0.15, 0.2) is 0 Å². The fourth-order valence-corrected chi connectivity index (χ4v) is 0.326. The molecule has 0 aliphatic carbocycles. The van der Waals surface area contributed by atoms with Crippen LogP contribution in [0.3, 0.4) is 0 Å². The average molecular weight is 226 g/mol. The number of nitrogens with two attached hydrogens (primary N) is 1. The molecule has 0 radical (unpaired) electrons. The minimum atomic E-state index is -5.08. The Hall–Kier alpha value is -2.13. The molecule has 1 amide bonds. The van der Waals surface area contributed by atoms with E-state index < -0.39 is 18.2 Å². The van der Waals surface area contributed by atoms with E-state index in [0.29, 0.717) is 0 Å². The molecule has 0 saturated heterocycles. The number of carbonyl (C=O) groups excluding carboxylic acids is 1. The van der Waals surface area contributed by atoms with Gasteiger partial charge in [-0.15, -0.1) is 5.10 Å². The third-order valence-corrected chi connectivity index (χ3v) is 0.891. The van der Waals surface area contributed by atoms with E-state index in [1.165, 1.54) is 12.4 Å². The molecule has 1 heterocycles. The summed E-state index contributed by atoms with van der Waals surface area (Å²) in [4.78, 5) is 19.0. The summed E-state index contributed by atoms with van der Waals surface area (Å²) in [5.74, 6) is -2.76. The number of nitrogens with zero attached hydrogens (tertiary/aromatic N) is 3. The van der Waals surface area contributed by atoms with Gasteiger partial charge in [-0.05, 0) is 0 Å². The fourth-order valence-electron chi connectivity index (χ4n) is 0.326. The second-order valence-corrected chi connectivity index (χ2v) is 1.99. The Morgan fingerprint density at radius 3 is 2.00 bits per heavy atom. The Balaban J connectivity index is 0.000000265. The number of aromatic nitrogens is 3. The summed E-state index contributed by atoms with van der Waals surface area (Å²) in [5.41, 5.74) is 4.78. The second kappa shape index (κ2) is 4.93. The van der Waals surface area contributed by atoms with Crippen LogP contribution in [0.1, 0.15) is 0 Å². The number of rotatable bonds is 0. The number of aliphatic carboxylic acids is 1. The van der Waals surface area contributed by atoms with Gasteiger partial charge in [0.2, 0.25) is 0 Å². The summed E-state index contributed by atoms with van der Waals surface area (Å²) < 4.78 is 32.7. The fraction of sp³-hybridized carbons (Fsp3) is 0.200. The Bertz CT molecular complexity index is 334. The molecule has 84 valence electrons. The quantitative estimate of drug-likeness (QED) is 0.638. The highest BCUT2D eigenvalue weighted by atomic mass is 19.4. The summed E-state index contributed by atoms with van der Waals surface area (Å²) in [5, 5.41) is 13.8. The maximum atomic E-state index is 10.6. The first-order valence-corrected chi connectivity index (χ1v) is 3.21. The Labute approximate surface area is 80.3 Å². The minimum Gasteiger partial charge on any atom is -0.475 e. The van der Waals surface area contributed by atoms with Crippen molar-refractivity contribution in [2.75, 3.05) is 0 Å². The molecule has 0 spiro atoms. The minimum absolute atomic E-state index is 0.623. The van der Waals surface area contributed by atoms with Crippen LogP contribution >= 0.6 is 0 Å². The number of primary amides is 1. The molecular formula is C5H5F3N4O3. The van der Waals surface area contributed by atoms with Crippen molar-refractivity contribution in [3.8, 4) is 0 Å². The van der Waals surface area contributed by atoms with E-state index in [2.05, 4.69) is 10.3 Å². The van der Waals surface area contributed by atoms with Crippen LogP contribution in [0, 0.1) is 0 Å². The van der Waals surface area contributed by atoms with Crippen LogP contribution in [0.15, 0.2) is 12.4 Å². The number of halogens is 3. The summed E-state index contributed by atoms with van der Waals surface area (Å²) >= 11 is 0. The topological polar surface area (TPSA) is 111 Å². The molecule has 15 heavy (non-hydrogen) atoms. The maximum Gasteiger partial charge on any atom is 0.490 e. The number of amides is 1. The molecule has 0 unspecified atom stereocenters. The van der Waals surface area contributed by atoms with Crippen molar-refractivity contribution in [2.45, 2.75) is 6.18 Å². The maximum absolute atomic E-state index is 10.6. The zero-order valence-electron chi connectivity index (χ0n) is 6.97. The molecule has 1 rings (SSSR count). The van der Waals surface area contributed by atoms with Gasteiger partial charge in [0.25, 0.3) is 0 Å². The van der Waals surface area contributed by atoms with E-state index >= 15 is 0 Å². The van der Waals surface area contributed by atoms with Gasteiger partial charge < -0.3 is 10.8 Å². The molecule has 0 aliphatic rings. The standard InChI is InChI=1S/C3H4N4O.C2HF3O2/c4-3(8)7-2-1-5-6-7;3-2(4,5)1(6)7/h1-2H,(H2,4,8);(H,6,7). The number of hydrogen-bond acceptors (Lipinski definition) is 4. The first kappa shape index (κ1) is 12.9. The van der Waals surface area contributed by atoms with Crippen molar-refractivity contribution in [2.24, 2.45) is 5.73 Å². The highest BCUT2D eigenvalue weighted by molar-refractivity contribution is 5.73. The summed E-state index contributed by atoms with van der Waals surface area (Å²) in [6.45, 7) is 0. The number of alkyl halides is 3. The number of carbonyl (C=O) groups is 2. The van der Waals surface area contributed by atoms with E-state index in [4.69, 9.17) is 15.6 Å². The van der Waals surface area contributed by atoms with Crippen LogP contribution in [0.5, 0.6) is 0 Å². The molecule has 0 saturated carbocycles. The Morgan fingerprint density at radius 2 is 1.87 bits per heavy atom. The Morgan fingerprint density at radius 1 is 1.40 bits per heavy atom. The molecule has 1 aromatic heterocycles. The van der Waals surface area contributed by atoms with Crippen LogP contribution in [-0.2, 0) is 4.79 Å². The number of hydrogen-bond donors (Lipinski definition) is 2. The molecule has 0 aliphatic heterocycles. The largest absolute Gasteiger partial charge is 0.490 e. The third kappa shape index (κ3) is 5.23. The summed E-state index contributed by atoms with van der Waals surface area (Å²) in [6.07, 6.45) is -2.33. The lowest BCUT2D eigenvalue weighted by molar-refractivity contribution is -0.192. The van der Waals surface area contributed by atoms with E-state index in [1.807, 2.05) is 0 Å². The van der Waals surface area contributed by atoms with Crippen LogP contribution in [-0.4, -0.2) is 38.3 Å². The molecule has 1 aromatic rings. The van der Waals surface area contributed by atoms with Crippen LogP contribution in [0.2, 0.25) is 0 Å². The molecule has 3 N–H and O–H groups in total. The molecule has 0 aromatic carbocycles. The second-order valence-electron chi connectivity index (χ2n) is 1.99. The van der Waals surface area contributed by atoms with Crippen molar-refractivity contribution in [3.05, 3.63) is 12.4 Å². The molecule has 0 atom stereocenters. The van der Waals surface area contributed by atoms with Crippen LogP contribution in [0.25, 0.3) is 0 Å². The lowest BCUT2D eigenvalue weighted by Gasteiger charge is -1.93. The number of carboxylic acid groups (broad SMARTS) is 1. The van der Waals surface area contributed by atoms with Crippen LogP contribution < -0.4 is 5.73 Å². The molecular weight excluding hydrogens is 221 g/mol. The number of carboxylic acids is 1. The van der Waals surface area contributed by atoms with Gasteiger partial charge in [-0.25, -0.2) is 9.59 Å². The zero-order chi connectivity index (χ0) is 12.1. The lowest BCUT2D eigenvalue weighted by atomic mass is 10.7. The van der Waals surface area contributed by atoms with Crippen molar-refractivity contribution in [1.82, 2.24) is 15.0 Å². The molecule has 0 fully saturated rings. The summed E-state index contributed by atoms with van der Waals surface area (Å²) in [6, 6.07) is -0.623. The normalized spacial score (nSPS) is 10.1. The third-order valence-electron chi connectivity index (χ3n) is 0.891. The summed E-state index contributed by atoms with van der Waals surface area (Å²) in [7, 11) is 0. The predicted molar refractivity (Wildman–Crippen MR) is 38.7 cm³/mol. The van der Waals surface area contributed by atoms with Gasteiger partial charge >= 0.3 is 18.2 Å². The van der Waals surface area contributed by atoms with Crippen molar-refractivity contribution >= 4 is 12.0 Å². The smallest absolute Gasteiger partial charge is 0.475 e. The van der Waals surface area contributed by atoms with Crippen molar-refractivity contribution in [3.63, 3.8) is 0 Å². The Kier molecular flexibility index (Phi) is 4.23. The van der Waals surface area contributed by atoms with Gasteiger partial charge in [0.05, 0.1) is 12.4 Å². The van der Waals surface area contributed by atoms with Gasteiger partial charge in [-0.3, -0.25) is 0 Å². The van der Waals surface area contributed by atoms with Crippen molar-refractivity contribution < 1.29 is 27.9 Å². The zero-order valence-corrected chi connectivity index (χ0v) is 6.97. The molecule has 7 nitrogen and oxygen atoms in total. The highest BCUT2D eigenvalue weighted by Gasteiger charge is 2.38. The average Bonchev–Trinajstić information content (AvgIpc) is 2.54.